The monoisotopic (exact) mass is 292 g/mol. The molecule has 4 heteroatoms. The summed E-state index contributed by atoms with van der Waals surface area (Å²) in [7, 11) is 2.06. The Bertz CT molecular complexity index is 336. The Morgan fingerprint density at radius 3 is 2.40 bits per heavy atom. The third-order valence-electron chi connectivity index (χ3n) is 1.81. The first-order valence-electron chi connectivity index (χ1n) is 4.29. The summed E-state index contributed by atoms with van der Waals surface area (Å²) >= 11 is -0.0100. The van der Waals surface area contributed by atoms with Gasteiger partial charge in [0, 0.05) is 0 Å². The summed E-state index contributed by atoms with van der Waals surface area (Å²) in [5.74, 6) is 0. The van der Waals surface area contributed by atoms with Gasteiger partial charge in [0.1, 0.15) is 0 Å². The van der Waals surface area contributed by atoms with Crippen LogP contribution in [0.25, 0.3) is 0 Å². The molecule has 2 rings (SSSR count). The number of halogens is 2. The quantitative estimate of drug-likeness (QED) is 0.532. The fraction of sp³-hybridized carbons (Fsp3) is 0.0909. The number of hydrogen-bond acceptors (Lipinski definition) is 1. The van der Waals surface area contributed by atoms with E-state index in [4.69, 9.17) is 0 Å². The summed E-state index contributed by atoms with van der Waals surface area (Å²) in [5, 5.41) is 0. The molecular formula is C11H10Cl2STi. The summed E-state index contributed by atoms with van der Waals surface area (Å²) in [6.07, 6.45) is 7.76. The average molecular weight is 293 g/mol. The van der Waals surface area contributed by atoms with E-state index in [9.17, 15) is 0 Å². The van der Waals surface area contributed by atoms with Gasteiger partial charge >= 0.3 is 91.0 Å². The van der Waals surface area contributed by atoms with Crippen molar-refractivity contribution in [3.05, 3.63) is 53.5 Å². The number of benzene rings is 1. The van der Waals surface area contributed by atoms with E-state index >= 15 is 0 Å². The molecule has 0 fully saturated rings. The molecule has 1 aromatic carbocycles. The van der Waals surface area contributed by atoms with Crippen LogP contribution in [-0.2, 0) is 17.9 Å². The molecule has 0 saturated heterocycles. The molecule has 0 unspecified atom stereocenters. The molecule has 15 heavy (non-hydrogen) atoms. The summed E-state index contributed by atoms with van der Waals surface area (Å²) in [6.45, 7) is 0. The van der Waals surface area contributed by atoms with E-state index < -0.39 is 0 Å². The fourth-order valence-corrected chi connectivity index (χ4v) is 4.66. The average Bonchev–Trinajstić information content (AvgIpc) is 2.69. The number of allylic oxidation sites excluding steroid dienone is 4. The van der Waals surface area contributed by atoms with Crippen LogP contribution in [0.4, 0.5) is 0 Å². The topological polar surface area (TPSA) is 0 Å². The Kier molecular flexibility index (Phi) is 8.69. The molecule has 1 aromatic rings. The maximum Gasteiger partial charge on any atom is -1.00 e. The zero-order valence-electron chi connectivity index (χ0n) is 7.99. The SMILES string of the molecule is C1=CCC([S][Ti+2][c]2ccccc2)=C1.[Cl-].[Cl-]. The first kappa shape index (κ1) is 15.3. The summed E-state index contributed by atoms with van der Waals surface area (Å²) in [6, 6.07) is 10.8. The molecular weight excluding hydrogens is 283 g/mol. The summed E-state index contributed by atoms with van der Waals surface area (Å²) < 4.78 is 1.53. The van der Waals surface area contributed by atoms with E-state index in [2.05, 4.69) is 57.9 Å². The van der Waals surface area contributed by atoms with Crippen LogP contribution in [-0.4, -0.2) is 0 Å². The Morgan fingerprint density at radius 2 is 1.80 bits per heavy atom. The predicted octanol–water partition coefficient (Wildman–Crippen LogP) is -3.11. The molecule has 0 aliphatic heterocycles. The van der Waals surface area contributed by atoms with Crippen LogP contribution < -0.4 is 28.7 Å². The van der Waals surface area contributed by atoms with Crippen molar-refractivity contribution in [1.82, 2.24) is 0 Å². The number of rotatable bonds is 3. The van der Waals surface area contributed by atoms with Gasteiger partial charge in [-0.1, -0.05) is 0 Å². The minimum absolute atomic E-state index is 0. The van der Waals surface area contributed by atoms with Crippen LogP contribution in [0, 0.1) is 0 Å². The van der Waals surface area contributed by atoms with Crippen molar-refractivity contribution in [3.63, 3.8) is 0 Å². The molecule has 0 bridgehead atoms. The van der Waals surface area contributed by atoms with Crippen molar-refractivity contribution >= 4 is 13.2 Å². The molecule has 1 aliphatic carbocycles. The Balaban J connectivity index is 0.000000980. The maximum absolute atomic E-state index is 2.23. The van der Waals surface area contributed by atoms with Crippen LogP contribution in [0.2, 0.25) is 0 Å². The molecule has 0 heterocycles. The summed E-state index contributed by atoms with van der Waals surface area (Å²) in [5.41, 5.74) is 0. The third kappa shape index (κ3) is 5.28. The van der Waals surface area contributed by atoms with E-state index in [1.165, 1.54) is 8.77 Å². The van der Waals surface area contributed by atoms with Gasteiger partial charge in [0.2, 0.25) is 0 Å². The molecule has 0 atom stereocenters. The number of hydrogen-bond donors (Lipinski definition) is 0. The standard InChI is InChI=1S/C6H5.C5H6S.2ClH.Ti/c1-2-4-6-5-3-1;6-5-3-1-2-4-5;;;/h1-5H;1-3,6H,4H2;2*1H;/q;;;;+3/p-3. The molecule has 0 amide bonds. The minimum atomic E-state index is -0.0100. The molecule has 0 radical (unpaired) electrons. The second-order valence-electron chi connectivity index (χ2n) is 2.84. The molecule has 0 spiro atoms. The van der Waals surface area contributed by atoms with Gasteiger partial charge in [-0.2, -0.15) is 0 Å². The zero-order valence-corrected chi connectivity index (χ0v) is 11.9. The Morgan fingerprint density at radius 1 is 1.07 bits per heavy atom. The van der Waals surface area contributed by atoms with E-state index in [0.29, 0.717) is 0 Å². The van der Waals surface area contributed by atoms with Crippen molar-refractivity contribution < 1.29 is 42.7 Å². The molecule has 0 saturated carbocycles. The normalized spacial score (nSPS) is 12.1. The van der Waals surface area contributed by atoms with Gasteiger partial charge in [-0.25, -0.2) is 0 Å². The molecule has 0 nitrogen and oxygen atoms in total. The molecule has 0 N–H and O–H groups in total. The first-order valence-corrected chi connectivity index (χ1v) is 7.80. The van der Waals surface area contributed by atoms with Crippen molar-refractivity contribution in [2.24, 2.45) is 0 Å². The van der Waals surface area contributed by atoms with Gasteiger partial charge in [0.05, 0.1) is 0 Å². The van der Waals surface area contributed by atoms with Gasteiger partial charge in [-0.3, -0.25) is 0 Å². The van der Waals surface area contributed by atoms with Crippen molar-refractivity contribution in [3.8, 4) is 0 Å². The van der Waals surface area contributed by atoms with Crippen molar-refractivity contribution in [2.75, 3.05) is 0 Å². The van der Waals surface area contributed by atoms with Crippen molar-refractivity contribution in [2.45, 2.75) is 6.42 Å². The largest absolute Gasteiger partial charge is 1.00 e. The van der Waals surface area contributed by atoms with E-state index in [1.54, 1.807) is 0 Å². The molecule has 1 aliphatic rings. The molecule has 0 aromatic heterocycles. The fourth-order valence-electron chi connectivity index (χ4n) is 1.13. The smallest absolute Gasteiger partial charge is 1.00 e. The Hall–Kier alpha value is 0.344. The van der Waals surface area contributed by atoms with Crippen LogP contribution in [0.15, 0.2) is 53.5 Å². The first-order chi connectivity index (χ1) is 6.45. The summed E-state index contributed by atoms with van der Waals surface area (Å²) in [4.78, 5) is 1.53. The molecule has 78 valence electrons. The van der Waals surface area contributed by atoms with Gasteiger partial charge in [-0.15, -0.1) is 0 Å². The zero-order chi connectivity index (χ0) is 8.93. The van der Waals surface area contributed by atoms with Gasteiger partial charge in [0.25, 0.3) is 0 Å². The van der Waals surface area contributed by atoms with Crippen LogP contribution in [0.5, 0.6) is 0 Å². The Labute approximate surface area is 115 Å². The van der Waals surface area contributed by atoms with Crippen LogP contribution in [0.1, 0.15) is 6.42 Å². The van der Waals surface area contributed by atoms with Crippen molar-refractivity contribution in [1.29, 1.82) is 0 Å². The van der Waals surface area contributed by atoms with Gasteiger partial charge in [0.15, 0.2) is 0 Å². The van der Waals surface area contributed by atoms with Crippen LogP contribution >= 0.6 is 9.35 Å². The second-order valence-corrected chi connectivity index (χ2v) is 6.58. The van der Waals surface area contributed by atoms with Crippen LogP contribution in [0.3, 0.4) is 0 Å². The third-order valence-corrected chi connectivity index (χ3v) is 6.04. The van der Waals surface area contributed by atoms with Gasteiger partial charge in [-0.05, 0) is 0 Å². The van der Waals surface area contributed by atoms with E-state index in [-0.39, 0.29) is 42.7 Å². The van der Waals surface area contributed by atoms with E-state index in [1.807, 2.05) is 0 Å². The second kappa shape index (κ2) is 8.49. The predicted molar refractivity (Wildman–Crippen MR) is 55.5 cm³/mol. The van der Waals surface area contributed by atoms with E-state index in [0.717, 1.165) is 6.42 Å². The maximum atomic E-state index is 2.23. The minimum Gasteiger partial charge on any atom is -1.00 e. The van der Waals surface area contributed by atoms with Gasteiger partial charge < -0.3 is 24.8 Å².